The Hall–Kier alpha value is -1.09. The van der Waals surface area contributed by atoms with Gasteiger partial charge in [-0.15, -0.1) is 11.8 Å². The lowest BCUT2D eigenvalue weighted by atomic mass is 9.81. The summed E-state index contributed by atoms with van der Waals surface area (Å²) in [5, 5.41) is 9.77. The molecule has 2 heterocycles. The molecule has 2 saturated heterocycles. The van der Waals surface area contributed by atoms with Crippen LogP contribution in [-0.2, 0) is 21.4 Å². The number of benzene rings is 1. The first-order valence-corrected chi connectivity index (χ1v) is 10.9. The van der Waals surface area contributed by atoms with Crippen molar-refractivity contribution in [3.05, 3.63) is 29.8 Å². The van der Waals surface area contributed by atoms with E-state index < -0.39 is 21.4 Å². The number of carboxylic acid groups (broad SMARTS) is 1. The van der Waals surface area contributed by atoms with E-state index in [1.54, 1.807) is 11.8 Å². The van der Waals surface area contributed by atoms with Crippen LogP contribution in [0.5, 0.6) is 0 Å². The van der Waals surface area contributed by atoms with Crippen molar-refractivity contribution in [3.8, 4) is 0 Å². The summed E-state index contributed by atoms with van der Waals surface area (Å²) in [5.74, 6) is -1.05. The van der Waals surface area contributed by atoms with Crippen molar-refractivity contribution in [2.75, 3.05) is 38.7 Å². The number of carboxylic acids is 1. The van der Waals surface area contributed by atoms with Gasteiger partial charge in [-0.1, -0.05) is 12.1 Å². The standard InChI is InChI=1S/C16H22N2O4S2/c1-23-14-5-3-4-12(6-14)7-17-8-13-9-18(24(2,21)22)11-16(13,10-17)15(19)20/h3-6,13H,7-11H2,1-2H3,(H,19,20)/t13-,16-/m0/s1. The topological polar surface area (TPSA) is 77.9 Å². The van der Waals surface area contributed by atoms with Gasteiger partial charge in [-0.2, -0.15) is 0 Å². The lowest BCUT2D eigenvalue weighted by Crippen LogP contribution is -2.41. The van der Waals surface area contributed by atoms with Gasteiger partial charge in [0.2, 0.25) is 10.0 Å². The fourth-order valence-electron chi connectivity index (χ4n) is 3.83. The van der Waals surface area contributed by atoms with E-state index in [2.05, 4.69) is 17.0 Å². The molecule has 1 aromatic carbocycles. The van der Waals surface area contributed by atoms with Crippen molar-refractivity contribution in [1.82, 2.24) is 9.21 Å². The van der Waals surface area contributed by atoms with E-state index in [0.717, 1.165) is 11.8 Å². The van der Waals surface area contributed by atoms with Crippen LogP contribution in [0.25, 0.3) is 0 Å². The summed E-state index contributed by atoms with van der Waals surface area (Å²) in [6, 6.07) is 8.23. The molecule has 6 nitrogen and oxygen atoms in total. The quantitative estimate of drug-likeness (QED) is 0.785. The van der Waals surface area contributed by atoms with Crippen LogP contribution in [0.15, 0.2) is 29.2 Å². The first-order chi connectivity index (χ1) is 11.2. The van der Waals surface area contributed by atoms with Crippen molar-refractivity contribution in [3.63, 3.8) is 0 Å². The van der Waals surface area contributed by atoms with Gasteiger partial charge in [-0.05, 0) is 24.0 Å². The number of hydrogen-bond acceptors (Lipinski definition) is 5. The van der Waals surface area contributed by atoms with E-state index in [1.165, 1.54) is 9.20 Å². The molecule has 2 fully saturated rings. The van der Waals surface area contributed by atoms with Crippen LogP contribution in [0.2, 0.25) is 0 Å². The predicted molar refractivity (Wildman–Crippen MR) is 93.5 cm³/mol. The molecule has 0 bridgehead atoms. The number of hydrogen-bond donors (Lipinski definition) is 1. The Morgan fingerprint density at radius 2 is 2.12 bits per heavy atom. The molecule has 1 N–H and O–H groups in total. The van der Waals surface area contributed by atoms with Gasteiger partial charge in [0.05, 0.1) is 11.7 Å². The van der Waals surface area contributed by atoms with E-state index in [-0.39, 0.29) is 12.5 Å². The molecule has 0 aromatic heterocycles. The average molecular weight is 370 g/mol. The van der Waals surface area contributed by atoms with Crippen LogP contribution in [0, 0.1) is 11.3 Å². The molecule has 0 amide bonds. The van der Waals surface area contributed by atoms with E-state index in [1.807, 2.05) is 18.4 Å². The van der Waals surface area contributed by atoms with Gasteiger partial charge in [0, 0.05) is 43.5 Å². The number of sulfonamides is 1. The third-order valence-corrected chi connectivity index (χ3v) is 7.03. The van der Waals surface area contributed by atoms with Gasteiger partial charge in [0.25, 0.3) is 0 Å². The molecule has 2 aliphatic heterocycles. The van der Waals surface area contributed by atoms with Gasteiger partial charge in [0.15, 0.2) is 0 Å². The molecule has 2 atom stereocenters. The Morgan fingerprint density at radius 3 is 2.71 bits per heavy atom. The van der Waals surface area contributed by atoms with Gasteiger partial charge < -0.3 is 5.11 Å². The highest BCUT2D eigenvalue weighted by Crippen LogP contribution is 2.44. The van der Waals surface area contributed by atoms with E-state index in [9.17, 15) is 18.3 Å². The normalized spacial score (nSPS) is 28.2. The second-order valence-electron chi connectivity index (χ2n) is 6.73. The van der Waals surface area contributed by atoms with Gasteiger partial charge in [-0.25, -0.2) is 12.7 Å². The van der Waals surface area contributed by atoms with Gasteiger partial charge in [-0.3, -0.25) is 9.69 Å². The highest BCUT2D eigenvalue weighted by Gasteiger charge is 2.58. The Morgan fingerprint density at radius 1 is 1.38 bits per heavy atom. The minimum absolute atomic E-state index is 0.0766. The van der Waals surface area contributed by atoms with Crippen molar-refractivity contribution >= 4 is 27.8 Å². The summed E-state index contributed by atoms with van der Waals surface area (Å²) >= 11 is 1.68. The molecule has 8 heteroatoms. The lowest BCUT2D eigenvalue weighted by molar-refractivity contribution is -0.148. The summed E-state index contributed by atoms with van der Waals surface area (Å²) in [5.41, 5.74) is 0.169. The lowest BCUT2D eigenvalue weighted by Gasteiger charge is -2.24. The number of aliphatic carboxylic acids is 1. The molecule has 24 heavy (non-hydrogen) atoms. The van der Waals surface area contributed by atoms with Gasteiger partial charge in [0.1, 0.15) is 0 Å². The molecule has 0 spiro atoms. The number of fused-ring (bicyclic) bond motifs is 1. The van der Waals surface area contributed by atoms with Crippen molar-refractivity contribution in [1.29, 1.82) is 0 Å². The number of likely N-dealkylation sites (tertiary alicyclic amines) is 1. The minimum Gasteiger partial charge on any atom is -0.481 e. The van der Waals surface area contributed by atoms with Crippen LogP contribution in [0.4, 0.5) is 0 Å². The molecular weight excluding hydrogens is 348 g/mol. The number of carbonyl (C=O) groups is 1. The fraction of sp³-hybridized carbons (Fsp3) is 0.562. The Balaban J connectivity index is 1.77. The third-order valence-electron chi connectivity index (χ3n) is 5.08. The molecule has 0 aliphatic carbocycles. The Labute approximate surface area is 146 Å². The fourth-order valence-corrected chi connectivity index (χ4v) is 5.23. The number of rotatable bonds is 5. The zero-order chi connectivity index (χ0) is 17.5. The molecule has 3 rings (SSSR count). The van der Waals surface area contributed by atoms with Crippen LogP contribution < -0.4 is 0 Å². The smallest absolute Gasteiger partial charge is 0.312 e. The van der Waals surface area contributed by atoms with Crippen LogP contribution >= 0.6 is 11.8 Å². The zero-order valence-corrected chi connectivity index (χ0v) is 15.4. The van der Waals surface area contributed by atoms with Crippen molar-refractivity contribution in [2.24, 2.45) is 11.3 Å². The molecule has 0 unspecified atom stereocenters. The number of nitrogens with zero attached hydrogens (tertiary/aromatic N) is 2. The Kier molecular flexibility index (Phi) is 4.67. The average Bonchev–Trinajstić information content (AvgIpc) is 3.02. The SMILES string of the molecule is CSc1cccc(CN2C[C@H]3CN(S(C)(=O)=O)C[C@@]3(C(=O)O)C2)c1. The van der Waals surface area contributed by atoms with Gasteiger partial charge >= 0.3 is 5.97 Å². The highest BCUT2D eigenvalue weighted by molar-refractivity contribution is 7.98. The van der Waals surface area contributed by atoms with E-state index in [4.69, 9.17) is 0 Å². The highest BCUT2D eigenvalue weighted by atomic mass is 32.2. The number of thioether (sulfide) groups is 1. The summed E-state index contributed by atoms with van der Waals surface area (Å²) in [7, 11) is -3.35. The molecule has 0 radical (unpaired) electrons. The third kappa shape index (κ3) is 3.20. The summed E-state index contributed by atoms with van der Waals surface area (Å²) in [6.45, 7) is 2.07. The molecule has 2 aliphatic rings. The zero-order valence-electron chi connectivity index (χ0n) is 13.8. The monoisotopic (exact) mass is 370 g/mol. The summed E-state index contributed by atoms with van der Waals surface area (Å²) < 4.78 is 24.9. The van der Waals surface area contributed by atoms with Crippen molar-refractivity contribution in [2.45, 2.75) is 11.4 Å². The first kappa shape index (κ1) is 17.7. The molecule has 132 valence electrons. The molecule has 0 saturated carbocycles. The molecular formula is C16H22N2O4S2. The summed E-state index contributed by atoms with van der Waals surface area (Å²) in [6.07, 6.45) is 3.17. The van der Waals surface area contributed by atoms with Crippen LogP contribution in [0.1, 0.15) is 5.56 Å². The molecule has 1 aromatic rings. The predicted octanol–water partition coefficient (Wildman–Crippen LogP) is 1.19. The van der Waals surface area contributed by atoms with Crippen molar-refractivity contribution < 1.29 is 18.3 Å². The van der Waals surface area contributed by atoms with E-state index in [0.29, 0.717) is 26.2 Å². The van der Waals surface area contributed by atoms with E-state index >= 15 is 0 Å². The first-order valence-electron chi connectivity index (χ1n) is 7.78. The maximum absolute atomic E-state index is 11.9. The maximum atomic E-state index is 11.9. The Bertz CT molecular complexity index is 752. The van der Waals surface area contributed by atoms with Crippen LogP contribution in [0.3, 0.4) is 0 Å². The second kappa shape index (κ2) is 6.33. The van der Waals surface area contributed by atoms with Crippen LogP contribution in [-0.4, -0.2) is 67.4 Å². The second-order valence-corrected chi connectivity index (χ2v) is 9.60. The summed E-state index contributed by atoms with van der Waals surface area (Å²) in [4.78, 5) is 15.2. The maximum Gasteiger partial charge on any atom is 0.312 e. The minimum atomic E-state index is -3.35. The largest absolute Gasteiger partial charge is 0.481 e.